The van der Waals surface area contributed by atoms with Gasteiger partial charge in [-0.3, -0.25) is 14.7 Å². The molecule has 5 aliphatic rings. The van der Waals surface area contributed by atoms with Gasteiger partial charge in [0, 0.05) is 96.0 Å². The first-order valence-corrected chi connectivity index (χ1v) is 12.8. The normalized spacial score (nSPS) is 22.6. The summed E-state index contributed by atoms with van der Waals surface area (Å²) in [6, 6.07) is 3.96. The van der Waals surface area contributed by atoms with Crippen molar-refractivity contribution in [3.63, 3.8) is 0 Å². The number of pyridine rings is 1. The molecule has 2 aromatic rings. The van der Waals surface area contributed by atoms with Crippen molar-refractivity contribution in [2.24, 2.45) is 0 Å². The van der Waals surface area contributed by atoms with Crippen molar-refractivity contribution in [1.82, 2.24) is 35.0 Å². The molecule has 5 aliphatic heterocycles. The van der Waals surface area contributed by atoms with E-state index < -0.39 is 0 Å². The lowest BCUT2D eigenvalue weighted by Gasteiger charge is -2.35. The third-order valence-corrected chi connectivity index (χ3v) is 6.50. The molecule has 0 unspecified atom stereocenters. The Kier molecular flexibility index (Phi) is 12.2. The quantitative estimate of drug-likeness (QED) is 0.623. The highest BCUT2D eigenvalue weighted by molar-refractivity contribution is 5.65. The second kappa shape index (κ2) is 15.9. The molecule has 204 valence electrons. The van der Waals surface area contributed by atoms with Crippen LogP contribution in [0, 0.1) is 0 Å². The van der Waals surface area contributed by atoms with Crippen molar-refractivity contribution < 1.29 is 9.53 Å². The van der Waals surface area contributed by atoms with Gasteiger partial charge in [0.2, 0.25) is 0 Å². The van der Waals surface area contributed by atoms with Crippen LogP contribution in [0.1, 0.15) is 5.82 Å². The third-order valence-electron chi connectivity index (χ3n) is 6.50. The predicted molar refractivity (Wildman–Crippen MR) is 151 cm³/mol. The molecule has 7 heterocycles. The monoisotopic (exact) mass is 520 g/mol. The molecule has 10 heteroatoms. The molecule has 0 saturated carbocycles. The van der Waals surface area contributed by atoms with Crippen molar-refractivity contribution in [1.29, 1.82) is 0 Å². The van der Waals surface area contributed by atoms with Crippen LogP contribution in [-0.2, 0) is 16.1 Å². The predicted octanol–water partition coefficient (Wildman–Crippen LogP) is 2.02. The highest BCUT2D eigenvalue weighted by Gasteiger charge is 2.17. The van der Waals surface area contributed by atoms with Gasteiger partial charge in [0.25, 0.3) is 0 Å². The number of aromatic nitrogens is 3. The summed E-state index contributed by atoms with van der Waals surface area (Å²) in [5.41, 5.74) is 3.86. The van der Waals surface area contributed by atoms with Crippen molar-refractivity contribution >= 4 is 12.6 Å². The topological polar surface area (TPSA) is 98.8 Å². The van der Waals surface area contributed by atoms with E-state index in [0.717, 1.165) is 93.1 Å². The van der Waals surface area contributed by atoms with E-state index in [1.807, 2.05) is 37.4 Å². The average Bonchev–Trinajstić information content (AvgIpc) is 2.95. The molecular formula is C28H40N8O2. The maximum atomic E-state index is 8.00. The highest BCUT2D eigenvalue weighted by Crippen LogP contribution is 2.21. The van der Waals surface area contributed by atoms with Crippen molar-refractivity contribution in [3.8, 4) is 11.1 Å². The van der Waals surface area contributed by atoms with Crippen LogP contribution in [0.3, 0.4) is 0 Å². The van der Waals surface area contributed by atoms with E-state index in [1.165, 1.54) is 0 Å². The standard InChI is InChI=1S/C27H38N8O.CH2O/c1-4-23-15-22(2)32-26-16-24(5-6-29-26)25-17-30-27(31-18-25)20-33(13-14-36-3)8-7-28-21-35-11-9-34(19-23)10-12-35;1-2/h4-6,15-18,28H,1-2,7-14,19-21H2,3H3,(H,29,32);1H2/b23-15+;. The zero-order valence-electron chi connectivity index (χ0n) is 22.4. The smallest absolute Gasteiger partial charge is 0.142 e. The first-order valence-electron chi connectivity index (χ1n) is 12.8. The summed E-state index contributed by atoms with van der Waals surface area (Å²) in [7, 11) is 1.74. The summed E-state index contributed by atoms with van der Waals surface area (Å²) in [6.07, 6.45) is 9.51. The molecule has 0 radical (unpaired) electrons. The molecule has 2 aromatic heterocycles. The number of methoxy groups -OCH3 is 1. The Morgan fingerprint density at radius 1 is 1.03 bits per heavy atom. The van der Waals surface area contributed by atoms with Gasteiger partial charge in [-0.15, -0.1) is 0 Å². The minimum absolute atomic E-state index is 0.680. The molecule has 1 fully saturated rings. The Bertz CT molecular complexity index is 1050. The van der Waals surface area contributed by atoms with Crippen LogP contribution in [0.2, 0.25) is 0 Å². The number of rotatable bonds is 4. The van der Waals surface area contributed by atoms with Crippen molar-refractivity contribution in [2.75, 3.05) is 78.1 Å². The van der Waals surface area contributed by atoms with Gasteiger partial charge >= 0.3 is 0 Å². The molecule has 0 amide bonds. The molecule has 2 N–H and O–H groups in total. The van der Waals surface area contributed by atoms with E-state index in [1.54, 1.807) is 13.3 Å². The molecule has 0 spiro atoms. The maximum Gasteiger partial charge on any atom is 0.142 e. The van der Waals surface area contributed by atoms with Gasteiger partial charge in [0.1, 0.15) is 18.4 Å². The Morgan fingerprint density at radius 2 is 1.76 bits per heavy atom. The van der Waals surface area contributed by atoms with Crippen LogP contribution in [0.25, 0.3) is 11.1 Å². The molecule has 0 aromatic carbocycles. The molecule has 0 atom stereocenters. The number of allylic oxidation sites excluding steroid dienone is 1. The van der Waals surface area contributed by atoms with E-state index in [2.05, 4.69) is 59.5 Å². The number of nitrogens with one attached hydrogen (secondary N) is 2. The van der Waals surface area contributed by atoms with Gasteiger partial charge in [0.15, 0.2) is 0 Å². The fraction of sp³-hybridized carbons (Fsp3) is 0.429. The average molecular weight is 521 g/mol. The van der Waals surface area contributed by atoms with Crippen molar-refractivity contribution in [2.45, 2.75) is 6.54 Å². The maximum absolute atomic E-state index is 8.00. The minimum Gasteiger partial charge on any atom is -0.383 e. The number of hydrogen-bond donors (Lipinski definition) is 2. The highest BCUT2D eigenvalue weighted by atomic mass is 16.5. The summed E-state index contributed by atoms with van der Waals surface area (Å²) in [5, 5.41) is 6.93. The summed E-state index contributed by atoms with van der Waals surface area (Å²) < 4.78 is 5.32. The number of piperazine rings is 1. The SMILES string of the molecule is C=C/C1=C\C(=C)Nc2cc(ccn2)-c2cnc(nc2)CN(CCOC)CCNCN2CCN(CC2)C1.C=O. The molecular weight excluding hydrogens is 480 g/mol. The van der Waals surface area contributed by atoms with Crippen LogP contribution >= 0.6 is 0 Å². The van der Waals surface area contributed by atoms with Gasteiger partial charge in [-0.2, -0.15) is 0 Å². The Morgan fingerprint density at radius 3 is 2.47 bits per heavy atom. The second-order valence-electron chi connectivity index (χ2n) is 9.21. The third kappa shape index (κ3) is 9.23. The number of anilines is 1. The van der Waals surface area contributed by atoms with Gasteiger partial charge in [-0.1, -0.05) is 19.2 Å². The summed E-state index contributed by atoms with van der Waals surface area (Å²) in [4.78, 5) is 29.0. The van der Waals surface area contributed by atoms with E-state index in [4.69, 9.17) is 9.53 Å². The summed E-state index contributed by atoms with van der Waals surface area (Å²) in [6.45, 7) is 20.1. The number of carbonyl (C=O) groups is 1. The summed E-state index contributed by atoms with van der Waals surface area (Å²) in [5.74, 6) is 1.53. The molecule has 1 saturated heterocycles. The lowest BCUT2D eigenvalue weighted by molar-refractivity contribution is -0.0979. The van der Waals surface area contributed by atoms with Crippen molar-refractivity contribution in [3.05, 3.63) is 73.1 Å². The van der Waals surface area contributed by atoms with E-state index in [0.29, 0.717) is 13.2 Å². The zero-order valence-corrected chi connectivity index (χ0v) is 22.4. The number of ether oxygens (including phenoxy) is 1. The Balaban J connectivity index is 0.00000195. The molecule has 38 heavy (non-hydrogen) atoms. The van der Waals surface area contributed by atoms with Crippen LogP contribution in [0.5, 0.6) is 0 Å². The minimum atomic E-state index is 0.680. The van der Waals surface area contributed by atoms with Crippen LogP contribution in [0.4, 0.5) is 5.82 Å². The number of nitrogens with zero attached hydrogens (tertiary/aromatic N) is 6. The fourth-order valence-electron chi connectivity index (χ4n) is 4.39. The van der Waals surface area contributed by atoms with Gasteiger partial charge in [-0.05, 0) is 29.3 Å². The van der Waals surface area contributed by atoms with Gasteiger partial charge in [0.05, 0.1) is 13.2 Å². The Hall–Kier alpha value is -3.28. The summed E-state index contributed by atoms with van der Waals surface area (Å²) >= 11 is 0. The first-order chi connectivity index (χ1) is 18.6. The van der Waals surface area contributed by atoms with Gasteiger partial charge < -0.3 is 20.2 Å². The molecule has 7 rings (SSSR count). The fourth-order valence-corrected chi connectivity index (χ4v) is 4.39. The lowest BCUT2D eigenvalue weighted by atomic mass is 10.1. The molecule has 0 aliphatic carbocycles. The van der Waals surface area contributed by atoms with Gasteiger partial charge in [-0.25, -0.2) is 15.0 Å². The molecule has 6 bridgehead atoms. The number of hydrogen-bond acceptors (Lipinski definition) is 10. The van der Waals surface area contributed by atoms with E-state index in [9.17, 15) is 0 Å². The second-order valence-corrected chi connectivity index (χ2v) is 9.21. The number of carbonyl (C=O) groups excluding carboxylic acids is 1. The van der Waals surface area contributed by atoms with E-state index >= 15 is 0 Å². The first kappa shape index (κ1) is 29.3. The Labute approximate surface area is 226 Å². The largest absolute Gasteiger partial charge is 0.383 e. The van der Waals surface area contributed by atoms with Crippen LogP contribution in [-0.4, -0.2) is 109 Å². The van der Waals surface area contributed by atoms with E-state index in [-0.39, 0.29) is 0 Å². The molecule has 10 nitrogen and oxygen atoms in total. The zero-order chi connectivity index (χ0) is 27.2. The van der Waals surface area contributed by atoms with Crippen LogP contribution in [0.15, 0.2) is 67.3 Å². The lowest BCUT2D eigenvalue weighted by Crippen LogP contribution is -2.50. The van der Waals surface area contributed by atoms with Crippen LogP contribution < -0.4 is 10.6 Å².